The molecule has 1 aromatic rings. The average Bonchev–Trinajstić information content (AvgIpc) is 3.24. The van der Waals surface area contributed by atoms with Crippen LogP contribution in [0.25, 0.3) is 0 Å². The van der Waals surface area contributed by atoms with Crippen LogP contribution in [0.5, 0.6) is 0 Å². The second-order valence-corrected chi connectivity index (χ2v) is 7.75. The third-order valence-electron chi connectivity index (χ3n) is 6.15. The number of rotatable bonds is 6. The van der Waals surface area contributed by atoms with Crippen molar-refractivity contribution in [2.75, 3.05) is 11.9 Å². The fraction of sp³-hybridized carbons (Fsp3) is 0.500. The van der Waals surface area contributed by atoms with Crippen LogP contribution in [-0.2, 0) is 24.7 Å². The molecule has 3 aliphatic heterocycles. The summed E-state index contributed by atoms with van der Waals surface area (Å²) in [6.07, 6.45) is 1.95. The monoisotopic (exact) mass is 384 g/mol. The van der Waals surface area contributed by atoms with Gasteiger partial charge in [-0.1, -0.05) is 31.5 Å². The van der Waals surface area contributed by atoms with Crippen LogP contribution in [0.2, 0.25) is 0 Å². The largest absolute Gasteiger partial charge is 0.370 e. The highest BCUT2D eigenvalue weighted by molar-refractivity contribution is 6.15. The first-order valence-electron chi connectivity index (χ1n) is 9.74. The van der Waals surface area contributed by atoms with Crippen molar-refractivity contribution in [3.8, 4) is 0 Å². The second kappa shape index (κ2) is 6.70. The van der Waals surface area contributed by atoms with Crippen LogP contribution in [-0.4, -0.2) is 41.1 Å². The summed E-state index contributed by atoms with van der Waals surface area (Å²) in [5.74, 6) is -2.89. The van der Waals surface area contributed by atoms with Crippen LogP contribution >= 0.6 is 0 Å². The Hall–Kier alpha value is -2.74. The first-order valence-corrected chi connectivity index (χ1v) is 9.74. The maximum Gasteiger partial charge on any atom is 0.250 e. The fourth-order valence-electron chi connectivity index (χ4n) is 4.90. The predicted octanol–water partition coefficient (Wildman–Crippen LogP) is 0.473. The summed E-state index contributed by atoms with van der Waals surface area (Å²) < 4.78 is 0. The minimum atomic E-state index is -1.29. The highest BCUT2D eigenvalue weighted by atomic mass is 16.2. The number of hydrogen-bond acceptors (Lipinski definition) is 5. The summed E-state index contributed by atoms with van der Waals surface area (Å²) >= 11 is 0. The van der Waals surface area contributed by atoms with Crippen LogP contribution in [0.4, 0.5) is 5.69 Å². The molecule has 0 saturated carbocycles. The molecule has 0 aliphatic carbocycles. The van der Waals surface area contributed by atoms with Gasteiger partial charge in [-0.15, -0.1) is 0 Å². The number of unbranched alkanes of at least 4 members (excludes halogenated alkanes) is 1. The number of nitrogens with two attached hydrogens (primary N) is 1. The molecule has 4 atom stereocenters. The maximum absolute atomic E-state index is 13.3. The highest BCUT2D eigenvalue weighted by Gasteiger charge is 2.70. The number of imide groups is 1. The van der Waals surface area contributed by atoms with Crippen molar-refractivity contribution >= 4 is 29.3 Å². The molecular formula is C20H24N4O4. The molecule has 28 heavy (non-hydrogen) atoms. The van der Waals surface area contributed by atoms with E-state index in [1.165, 1.54) is 4.90 Å². The lowest BCUT2D eigenvalue weighted by molar-refractivity contribution is -0.143. The average molecular weight is 384 g/mol. The van der Waals surface area contributed by atoms with Gasteiger partial charge in [0.2, 0.25) is 23.6 Å². The molecule has 4 N–H and O–H groups in total. The summed E-state index contributed by atoms with van der Waals surface area (Å²) in [6, 6.07) is 6.73. The number of primary amides is 1. The third kappa shape index (κ3) is 2.47. The molecule has 1 spiro atoms. The molecule has 0 unspecified atom stereocenters. The lowest BCUT2D eigenvalue weighted by Crippen LogP contribution is -2.53. The predicted molar refractivity (Wildman–Crippen MR) is 101 cm³/mol. The van der Waals surface area contributed by atoms with Gasteiger partial charge >= 0.3 is 0 Å². The Kier molecular flexibility index (Phi) is 4.45. The number of amides is 4. The molecular weight excluding hydrogens is 360 g/mol. The van der Waals surface area contributed by atoms with E-state index < -0.39 is 29.3 Å². The number of para-hydroxylation sites is 1. The fourth-order valence-corrected chi connectivity index (χ4v) is 4.90. The van der Waals surface area contributed by atoms with Crippen LogP contribution < -0.4 is 16.4 Å². The number of anilines is 1. The van der Waals surface area contributed by atoms with Gasteiger partial charge in [0.1, 0.15) is 5.54 Å². The van der Waals surface area contributed by atoms with Crippen molar-refractivity contribution in [3.05, 3.63) is 29.8 Å². The zero-order valence-corrected chi connectivity index (χ0v) is 15.7. The van der Waals surface area contributed by atoms with Crippen molar-refractivity contribution in [1.82, 2.24) is 10.2 Å². The van der Waals surface area contributed by atoms with Crippen molar-refractivity contribution in [2.24, 2.45) is 17.6 Å². The minimum absolute atomic E-state index is 0.0800. The number of nitrogens with one attached hydrogen (secondary N) is 2. The lowest BCUT2D eigenvalue weighted by Gasteiger charge is -2.29. The number of nitrogens with zero attached hydrogens (tertiary/aromatic N) is 1. The molecule has 1 aromatic carbocycles. The molecule has 2 fully saturated rings. The van der Waals surface area contributed by atoms with Gasteiger partial charge in [0, 0.05) is 30.3 Å². The number of likely N-dealkylation sites (tertiary alicyclic amines) is 1. The van der Waals surface area contributed by atoms with Gasteiger partial charge in [-0.3, -0.25) is 29.4 Å². The number of benzene rings is 1. The van der Waals surface area contributed by atoms with Crippen LogP contribution in [0.15, 0.2) is 24.3 Å². The van der Waals surface area contributed by atoms with E-state index in [1.54, 1.807) is 12.1 Å². The Bertz CT molecular complexity index is 870. The molecule has 148 valence electrons. The van der Waals surface area contributed by atoms with E-state index in [-0.39, 0.29) is 24.1 Å². The van der Waals surface area contributed by atoms with Crippen molar-refractivity contribution < 1.29 is 19.2 Å². The highest BCUT2D eigenvalue weighted by Crippen LogP contribution is 2.53. The van der Waals surface area contributed by atoms with Crippen molar-refractivity contribution in [1.29, 1.82) is 0 Å². The number of fused-ring (bicyclic) bond motifs is 4. The minimum Gasteiger partial charge on any atom is -0.370 e. The van der Waals surface area contributed by atoms with Gasteiger partial charge in [-0.05, 0) is 18.9 Å². The Morgan fingerprint density at radius 2 is 1.96 bits per heavy atom. The van der Waals surface area contributed by atoms with Gasteiger partial charge < -0.3 is 11.1 Å². The molecule has 4 rings (SSSR count). The molecule has 4 amide bonds. The molecule has 3 aliphatic rings. The Labute approximate surface area is 162 Å². The van der Waals surface area contributed by atoms with Crippen molar-refractivity contribution in [2.45, 2.75) is 44.2 Å². The smallest absolute Gasteiger partial charge is 0.250 e. The Morgan fingerprint density at radius 1 is 1.21 bits per heavy atom. The van der Waals surface area contributed by atoms with Gasteiger partial charge in [0.15, 0.2) is 0 Å². The summed E-state index contributed by atoms with van der Waals surface area (Å²) in [5, 5.41) is 6.13. The van der Waals surface area contributed by atoms with E-state index in [4.69, 9.17) is 5.73 Å². The Balaban J connectivity index is 1.79. The molecule has 8 heteroatoms. The first kappa shape index (κ1) is 18.6. The van der Waals surface area contributed by atoms with Crippen LogP contribution in [0, 0.1) is 11.8 Å². The normalized spacial score (nSPS) is 30.7. The first-order chi connectivity index (χ1) is 13.4. The molecule has 3 heterocycles. The van der Waals surface area contributed by atoms with E-state index in [1.807, 2.05) is 19.1 Å². The summed E-state index contributed by atoms with van der Waals surface area (Å²) in [5.41, 5.74) is 5.33. The van der Waals surface area contributed by atoms with Gasteiger partial charge in [0.05, 0.1) is 11.8 Å². The second-order valence-electron chi connectivity index (χ2n) is 7.75. The molecule has 0 bridgehead atoms. The summed E-state index contributed by atoms with van der Waals surface area (Å²) in [7, 11) is 0. The van der Waals surface area contributed by atoms with E-state index in [0.717, 1.165) is 6.42 Å². The van der Waals surface area contributed by atoms with Crippen LogP contribution in [0.3, 0.4) is 0 Å². The molecule has 8 nitrogen and oxygen atoms in total. The number of hydrogen-bond donors (Lipinski definition) is 3. The van der Waals surface area contributed by atoms with Gasteiger partial charge in [-0.25, -0.2) is 0 Å². The van der Waals surface area contributed by atoms with E-state index in [2.05, 4.69) is 10.6 Å². The standard InChI is InChI=1S/C20H24N4O4/c1-2-3-10-24-17(26)15-13(8-9-14(21)25)23-20(16(15)18(24)27)11-6-4-5-7-12(11)22-19(20)28/h4-7,13,15-16,23H,2-3,8-10H2,1H3,(H2,21,25)(H,22,28)/t13-,15-,16+,20-/m1/s1. The van der Waals surface area contributed by atoms with E-state index >= 15 is 0 Å². The van der Waals surface area contributed by atoms with Gasteiger partial charge in [-0.2, -0.15) is 0 Å². The maximum atomic E-state index is 13.3. The zero-order valence-electron chi connectivity index (χ0n) is 15.7. The number of carbonyl (C=O) groups excluding carboxylic acids is 4. The van der Waals surface area contributed by atoms with E-state index in [9.17, 15) is 19.2 Å². The van der Waals surface area contributed by atoms with Crippen molar-refractivity contribution in [3.63, 3.8) is 0 Å². The molecule has 0 radical (unpaired) electrons. The zero-order chi connectivity index (χ0) is 20.1. The summed E-state index contributed by atoms with van der Waals surface area (Å²) in [6.45, 7) is 2.34. The Morgan fingerprint density at radius 3 is 2.68 bits per heavy atom. The summed E-state index contributed by atoms with van der Waals surface area (Å²) in [4.78, 5) is 52.2. The lowest BCUT2D eigenvalue weighted by atomic mass is 9.76. The quantitative estimate of drug-likeness (QED) is 0.616. The van der Waals surface area contributed by atoms with Crippen LogP contribution in [0.1, 0.15) is 38.2 Å². The SMILES string of the molecule is CCCCN1C(=O)[C@H]2[C@@H](C1=O)[C@@]1(N[C@@H]2CCC(N)=O)C(=O)Nc2ccccc21. The topological polar surface area (TPSA) is 122 Å². The third-order valence-corrected chi connectivity index (χ3v) is 6.15. The number of carbonyl (C=O) groups is 4. The molecule has 0 aromatic heterocycles. The van der Waals surface area contributed by atoms with Gasteiger partial charge in [0.25, 0.3) is 0 Å². The molecule has 2 saturated heterocycles. The van der Waals surface area contributed by atoms with E-state index in [0.29, 0.717) is 30.6 Å².